The van der Waals surface area contributed by atoms with Gasteiger partial charge in [-0.3, -0.25) is 0 Å². The summed E-state index contributed by atoms with van der Waals surface area (Å²) in [6.45, 7) is 1.40. The summed E-state index contributed by atoms with van der Waals surface area (Å²) in [5.74, 6) is -1.19. The van der Waals surface area contributed by atoms with Crippen molar-refractivity contribution in [2.24, 2.45) is 5.92 Å². The number of sulfonamides is 1. The van der Waals surface area contributed by atoms with E-state index in [0.29, 0.717) is 0 Å². The lowest BCUT2D eigenvalue weighted by molar-refractivity contribution is -0.154. The first-order chi connectivity index (χ1) is 10.6. The fourth-order valence-corrected chi connectivity index (χ4v) is 3.44. The van der Waals surface area contributed by atoms with Crippen LogP contribution in [-0.2, 0) is 19.6 Å². The normalized spacial score (nSPS) is 20.0. The van der Waals surface area contributed by atoms with Gasteiger partial charge in [-0.05, 0) is 19.3 Å². The third kappa shape index (κ3) is 5.92. The highest BCUT2D eigenvalue weighted by atomic mass is 32.2. The van der Waals surface area contributed by atoms with Gasteiger partial charge in [0.2, 0.25) is 0 Å². The molecule has 10 heteroatoms. The molecule has 6 nitrogen and oxygen atoms in total. The number of aliphatic hydroxyl groups excluding tert-OH is 1. The Labute approximate surface area is 133 Å². The fraction of sp³-hybridized carbons (Fsp3) is 0.923. The van der Waals surface area contributed by atoms with Crippen LogP contribution in [0.5, 0.6) is 0 Å². The van der Waals surface area contributed by atoms with Crippen molar-refractivity contribution in [2.75, 3.05) is 6.61 Å². The summed E-state index contributed by atoms with van der Waals surface area (Å²) in [7, 11) is -5.66. The Hall–Kier alpha value is -0.870. The highest BCUT2D eigenvalue weighted by molar-refractivity contribution is 7.90. The molecule has 1 aliphatic rings. The van der Waals surface area contributed by atoms with Gasteiger partial charge >= 0.3 is 21.5 Å². The zero-order valence-corrected chi connectivity index (χ0v) is 13.6. The van der Waals surface area contributed by atoms with Crippen molar-refractivity contribution in [3.8, 4) is 0 Å². The van der Waals surface area contributed by atoms with Gasteiger partial charge in [0, 0.05) is 0 Å². The molecular formula is C13H22F3NO5S. The number of rotatable bonds is 7. The van der Waals surface area contributed by atoms with Gasteiger partial charge in [0.25, 0.3) is 0 Å². The minimum Gasteiger partial charge on any atom is -0.464 e. The average molecular weight is 361 g/mol. The number of aliphatic hydroxyl groups is 1. The van der Waals surface area contributed by atoms with Crippen molar-refractivity contribution < 1.29 is 36.2 Å². The zero-order valence-electron chi connectivity index (χ0n) is 12.8. The Morgan fingerprint density at radius 1 is 1.30 bits per heavy atom. The Bertz CT molecular complexity index is 488. The van der Waals surface area contributed by atoms with Crippen LogP contribution in [0.2, 0.25) is 0 Å². The van der Waals surface area contributed by atoms with E-state index in [2.05, 4.69) is 4.74 Å². The Balaban J connectivity index is 2.89. The second kappa shape index (κ2) is 8.29. The summed E-state index contributed by atoms with van der Waals surface area (Å²) in [6, 6.07) is -1.57. The first-order valence-corrected chi connectivity index (χ1v) is 9.00. The molecule has 0 aromatic carbocycles. The van der Waals surface area contributed by atoms with E-state index in [4.69, 9.17) is 0 Å². The quantitative estimate of drug-likeness (QED) is 0.673. The number of halogens is 3. The molecule has 0 radical (unpaired) electrons. The van der Waals surface area contributed by atoms with Gasteiger partial charge in [-0.2, -0.15) is 13.2 Å². The van der Waals surface area contributed by atoms with E-state index in [1.165, 1.54) is 11.6 Å². The van der Waals surface area contributed by atoms with E-state index in [1.54, 1.807) is 0 Å². The molecule has 136 valence electrons. The molecule has 0 amide bonds. The molecule has 0 aliphatic heterocycles. The molecular weight excluding hydrogens is 339 g/mol. The molecule has 2 atom stereocenters. The summed E-state index contributed by atoms with van der Waals surface area (Å²) < 4.78 is 66.2. The van der Waals surface area contributed by atoms with Gasteiger partial charge in [0.05, 0.1) is 12.6 Å². The van der Waals surface area contributed by atoms with Crippen molar-refractivity contribution >= 4 is 16.0 Å². The first-order valence-electron chi connectivity index (χ1n) is 7.51. The lowest BCUT2D eigenvalue weighted by Crippen LogP contribution is -2.51. The Morgan fingerprint density at radius 3 is 2.35 bits per heavy atom. The third-order valence-electron chi connectivity index (χ3n) is 3.83. The van der Waals surface area contributed by atoms with Gasteiger partial charge in [-0.25, -0.2) is 17.9 Å². The van der Waals surface area contributed by atoms with E-state index in [-0.39, 0.29) is 18.9 Å². The molecule has 0 aromatic heterocycles. The van der Waals surface area contributed by atoms with Crippen LogP contribution in [0.1, 0.15) is 45.4 Å². The maximum atomic E-state index is 12.5. The maximum absolute atomic E-state index is 12.5. The molecule has 0 aromatic rings. The van der Waals surface area contributed by atoms with Gasteiger partial charge < -0.3 is 9.84 Å². The van der Waals surface area contributed by atoms with Crippen LogP contribution in [0.3, 0.4) is 0 Å². The molecule has 0 saturated heterocycles. The number of carbonyl (C=O) groups is 1. The van der Waals surface area contributed by atoms with Crippen LogP contribution in [-0.4, -0.2) is 43.8 Å². The summed E-state index contributed by atoms with van der Waals surface area (Å²) in [5.41, 5.74) is -5.51. The molecule has 1 saturated carbocycles. The van der Waals surface area contributed by atoms with Crippen LogP contribution >= 0.6 is 0 Å². The highest BCUT2D eigenvalue weighted by Gasteiger charge is 2.48. The van der Waals surface area contributed by atoms with Crippen LogP contribution in [0, 0.1) is 5.92 Å². The number of hydrogen-bond donors (Lipinski definition) is 2. The molecule has 0 bridgehead atoms. The summed E-state index contributed by atoms with van der Waals surface area (Å²) in [5, 5.41) is 9.90. The smallest absolute Gasteiger partial charge is 0.464 e. The van der Waals surface area contributed by atoms with Gasteiger partial charge in [-0.1, -0.05) is 32.1 Å². The van der Waals surface area contributed by atoms with E-state index in [0.717, 1.165) is 32.1 Å². The summed E-state index contributed by atoms with van der Waals surface area (Å²) in [6.07, 6.45) is 2.21. The van der Waals surface area contributed by atoms with Gasteiger partial charge in [-0.15, -0.1) is 0 Å². The molecule has 0 unspecified atom stereocenters. The monoisotopic (exact) mass is 361 g/mol. The van der Waals surface area contributed by atoms with Gasteiger partial charge in [0.1, 0.15) is 0 Å². The standard InChI is InChI=1S/C13H22F3NO5S/c1-2-22-12(19)11(18)10(8-9-6-4-3-5-7-9)17-23(20,21)13(14,15)16/h9-11,17-18H,2-8H2,1H3/t10-,11+/m1/s1. The summed E-state index contributed by atoms with van der Waals surface area (Å²) >= 11 is 0. The molecule has 1 rings (SSSR count). The van der Waals surface area contributed by atoms with E-state index in [9.17, 15) is 31.5 Å². The number of carbonyl (C=O) groups excluding carboxylic acids is 1. The molecule has 23 heavy (non-hydrogen) atoms. The highest BCUT2D eigenvalue weighted by Crippen LogP contribution is 2.29. The van der Waals surface area contributed by atoms with Crippen LogP contribution < -0.4 is 4.72 Å². The van der Waals surface area contributed by atoms with Crippen LogP contribution in [0.25, 0.3) is 0 Å². The molecule has 0 spiro atoms. The lowest BCUT2D eigenvalue weighted by Gasteiger charge is -2.29. The topological polar surface area (TPSA) is 92.7 Å². The number of hydrogen-bond acceptors (Lipinski definition) is 5. The number of nitrogens with one attached hydrogen (secondary N) is 1. The second-order valence-electron chi connectivity index (χ2n) is 5.61. The van der Waals surface area contributed by atoms with Crippen molar-refractivity contribution in [3.63, 3.8) is 0 Å². The molecule has 1 fully saturated rings. The lowest BCUT2D eigenvalue weighted by atomic mass is 9.84. The minimum absolute atomic E-state index is 0.0463. The number of ether oxygens (including phenoxy) is 1. The van der Waals surface area contributed by atoms with Crippen molar-refractivity contribution in [1.29, 1.82) is 0 Å². The first kappa shape index (κ1) is 20.2. The van der Waals surface area contributed by atoms with Crippen molar-refractivity contribution in [2.45, 2.75) is 63.1 Å². The SMILES string of the molecule is CCOC(=O)[C@@H](O)[C@@H](CC1CCCCC1)NS(=O)(=O)C(F)(F)F. The predicted octanol–water partition coefficient (Wildman–Crippen LogP) is 1.69. The second-order valence-corrected chi connectivity index (χ2v) is 7.32. The largest absolute Gasteiger partial charge is 0.511 e. The van der Waals surface area contributed by atoms with Crippen LogP contribution in [0.4, 0.5) is 13.2 Å². The maximum Gasteiger partial charge on any atom is 0.511 e. The predicted molar refractivity (Wildman–Crippen MR) is 75.7 cm³/mol. The molecule has 0 heterocycles. The number of alkyl halides is 3. The van der Waals surface area contributed by atoms with E-state index in [1.807, 2.05) is 0 Å². The third-order valence-corrected chi connectivity index (χ3v) is 5.05. The van der Waals surface area contributed by atoms with Gasteiger partial charge in [0.15, 0.2) is 6.10 Å². The van der Waals surface area contributed by atoms with E-state index < -0.39 is 33.6 Å². The average Bonchev–Trinajstić information content (AvgIpc) is 2.45. The Morgan fingerprint density at radius 2 is 1.87 bits per heavy atom. The fourth-order valence-electron chi connectivity index (χ4n) is 2.68. The Kier molecular flexibility index (Phi) is 7.28. The molecule has 1 aliphatic carbocycles. The minimum atomic E-state index is -5.66. The zero-order chi connectivity index (χ0) is 17.7. The summed E-state index contributed by atoms with van der Waals surface area (Å²) in [4.78, 5) is 11.6. The van der Waals surface area contributed by atoms with E-state index >= 15 is 0 Å². The van der Waals surface area contributed by atoms with Crippen LogP contribution in [0.15, 0.2) is 0 Å². The van der Waals surface area contributed by atoms with Crippen molar-refractivity contribution in [1.82, 2.24) is 4.72 Å². The van der Waals surface area contributed by atoms with Crippen molar-refractivity contribution in [3.05, 3.63) is 0 Å². The number of esters is 1. The molecule has 2 N–H and O–H groups in total.